The maximum Gasteiger partial charge on any atom is 0.243 e. The molecule has 1 fully saturated rings. The summed E-state index contributed by atoms with van der Waals surface area (Å²) in [4.78, 5) is -0.0451. The molecule has 1 aliphatic heterocycles. The van der Waals surface area contributed by atoms with Crippen molar-refractivity contribution in [3.05, 3.63) is 29.3 Å². The summed E-state index contributed by atoms with van der Waals surface area (Å²) in [5.41, 5.74) is 0. The molecule has 23 heavy (non-hydrogen) atoms. The predicted octanol–water partition coefficient (Wildman–Crippen LogP) is -0.129. The summed E-state index contributed by atoms with van der Waals surface area (Å²) >= 11 is 5.75. The van der Waals surface area contributed by atoms with Crippen molar-refractivity contribution in [2.45, 2.75) is 23.5 Å². The van der Waals surface area contributed by atoms with Crippen molar-refractivity contribution < 1.29 is 27.0 Å². The van der Waals surface area contributed by atoms with E-state index < -0.39 is 38.6 Å². The zero-order valence-corrected chi connectivity index (χ0v) is 14.6. The van der Waals surface area contributed by atoms with Crippen molar-refractivity contribution in [1.82, 2.24) is 4.31 Å². The number of benzene rings is 1. The van der Waals surface area contributed by atoms with E-state index >= 15 is 0 Å². The Hall–Kier alpha value is -0.710. The smallest absolute Gasteiger partial charge is 0.243 e. The highest BCUT2D eigenvalue weighted by Gasteiger charge is 2.39. The van der Waals surface area contributed by atoms with Crippen LogP contribution in [0.25, 0.3) is 0 Å². The first kappa shape index (κ1) is 18.6. The van der Waals surface area contributed by atoms with Crippen LogP contribution in [-0.4, -0.2) is 68.2 Å². The van der Waals surface area contributed by atoms with Crippen LogP contribution in [0.5, 0.6) is 0 Å². The molecule has 1 aromatic carbocycles. The van der Waals surface area contributed by atoms with Gasteiger partial charge >= 0.3 is 0 Å². The highest BCUT2D eigenvalue weighted by Crippen LogP contribution is 2.26. The van der Waals surface area contributed by atoms with Crippen molar-refractivity contribution in [3.8, 4) is 0 Å². The van der Waals surface area contributed by atoms with Gasteiger partial charge in [0.25, 0.3) is 0 Å². The molecule has 0 spiro atoms. The van der Waals surface area contributed by atoms with Crippen molar-refractivity contribution >= 4 is 31.5 Å². The maximum absolute atomic E-state index is 12.8. The number of nitrogens with zero attached hydrogens (tertiary/aromatic N) is 1. The molecule has 2 N–H and O–H groups in total. The van der Waals surface area contributed by atoms with Crippen LogP contribution in [-0.2, 0) is 19.9 Å². The first-order valence-electron chi connectivity index (χ1n) is 6.92. The molecule has 0 radical (unpaired) electrons. The summed E-state index contributed by atoms with van der Waals surface area (Å²) in [5, 5.41) is 19.0. The van der Waals surface area contributed by atoms with Crippen molar-refractivity contribution in [2.24, 2.45) is 0 Å². The van der Waals surface area contributed by atoms with Crippen LogP contribution < -0.4 is 0 Å². The molecule has 0 unspecified atom stereocenters. The van der Waals surface area contributed by atoms with Gasteiger partial charge in [-0.05, 0) is 30.7 Å². The minimum absolute atomic E-state index is 0.0451. The van der Waals surface area contributed by atoms with E-state index in [9.17, 15) is 21.9 Å². The highest BCUT2D eigenvalue weighted by atomic mass is 35.5. The summed E-state index contributed by atoms with van der Waals surface area (Å²) in [6, 6.07) is 4.71. The van der Waals surface area contributed by atoms with Crippen molar-refractivity contribution in [1.29, 1.82) is 0 Å². The van der Waals surface area contributed by atoms with Crippen LogP contribution in [0.3, 0.4) is 0 Å². The zero-order chi connectivity index (χ0) is 17.3. The molecule has 130 valence electrons. The van der Waals surface area contributed by atoms with E-state index in [1.807, 2.05) is 0 Å². The highest BCUT2D eigenvalue weighted by molar-refractivity contribution is 7.92. The molecular weight excluding hydrogens is 366 g/mol. The molecule has 0 bridgehead atoms. The second kappa shape index (κ2) is 7.04. The first-order valence-corrected chi connectivity index (χ1v) is 10.6. The largest absolute Gasteiger partial charge is 0.394 e. The molecule has 0 saturated carbocycles. The summed E-state index contributed by atoms with van der Waals surface area (Å²) in [6.07, 6.45) is -1.13. The Balaban J connectivity index is 2.37. The molecule has 1 aromatic rings. The quantitative estimate of drug-likeness (QED) is 0.707. The summed E-state index contributed by atoms with van der Waals surface area (Å²) in [6.45, 7) is -0.992. The third-order valence-electron chi connectivity index (χ3n) is 3.64. The zero-order valence-electron chi connectivity index (χ0n) is 12.2. The van der Waals surface area contributed by atoms with Crippen molar-refractivity contribution in [2.75, 3.05) is 24.7 Å². The number of hydrogen-bond acceptors (Lipinski definition) is 6. The minimum atomic E-state index is -4.02. The Morgan fingerprint density at radius 1 is 1.30 bits per heavy atom. The number of aliphatic hydroxyl groups is 2. The normalized spacial score (nSPS) is 22.3. The lowest BCUT2D eigenvalue weighted by molar-refractivity contribution is 0.0730. The van der Waals surface area contributed by atoms with Crippen molar-refractivity contribution in [3.63, 3.8) is 0 Å². The van der Waals surface area contributed by atoms with Gasteiger partial charge in [-0.3, -0.25) is 0 Å². The van der Waals surface area contributed by atoms with Gasteiger partial charge in [-0.15, -0.1) is 0 Å². The van der Waals surface area contributed by atoms with Gasteiger partial charge in [0, 0.05) is 17.6 Å². The number of hydrogen-bond donors (Lipinski definition) is 2. The SMILES string of the molecule is O=S1(=O)CC[C@H](N(C[C@H](O)CO)S(=O)(=O)c2ccc(Cl)cc2)C1. The fourth-order valence-corrected chi connectivity index (χ4v) is 6.10. The Bertz CT molecular complexity index is 747. The monoisotopic (exact) mass is 383 g/mol. The minimum Gasteiger partial charge on any atom is -0.394 e. The average molecular weight is 384 g/mol. The van der Waals surface area contributed by atoms with Gasteiger partial charge in [0.2, 0.25) is 10.0 Å². The van der Waals surface area contributed by atoms with Crippen LogP contribution in [0.15, 0.2) is 29.2 Å². The standard InChI is InChI=1S/C13H18ClNO6S2/c14-10-1-3-13(4-2-10)23(20,21)15(7-12(17)8-16)11-5-6-22(18,19)9-11/h1-4,11-12,16-17H,5-9H2/t11-,12-/m0/s1. The Kier molecular flexibility index (Phi) is 5.70. The summed E-state index contributed by atoms with van der Waals surface area (Å²) < 4.78 is 49.9. The van der Waals surface area contributed by atoms with E-state index in [0.717, 1.165) is 4.31 Å². The van der Waals surface area contributed by atoms with Gasteiger partial charge in [0.1, 0.15) is 0 Å². The number of sulfonamides is 1. The Morgan fingerprint density at radius 2 is 1.91 bits per heavy atom. The maximum atomic E-state index is 12.8. The van der Waals surface area contributed by atoms with Crippen LogP contribution in [0.1, 0.15) is 6.42 Å². The van der Waals surface area contributed by atoms with Gasteiger partial charge in [0.05, 0.1) is 29.1 Å². The first-order chi connectivity index (χ1) is 10.7. The van der Waals surface area contributed by atoms with Crippen LogP contribution >= 0.6 is 11.6 Å². The van der Waals surface area contributed by atoms with Gasteiger partial charge in [0.15, 0.2) is 9.84 Å². The molecule has 1 saturated heterocycles. The lowest BCUT2D eigenvalue weighted by Crippen LogP contribution is -2.46. The Labute approximate surface area is 140 Å². The van der Waals surface area contributed by atoms with E-state index in [0.29, 0.717) is 5.02 Å². The number of halogens is 1. The predicted molar refractivity (Wildman–Crippen MR) is 85.5 cm³/mol. The van der Waals surface area contributed by atoms with Gasteiger partial charge in [-0.25, -0.2) is 16.8 Å². The van der Waals surface area contributed by atoms with E-state index in [1.165, 1.54) is 24.3 Å². The van der Waals surface area contributed by atoms with E-state index in [1.54, 1.807) is 0 Å². The second-order valence-electron chi connectivity index (χ2n) is 5.42. The summed E-state index contributed by atoms with van der Waals surface area (Å²) in [5.74, 6) is -0.391. The third-order valence-corrected chi connectivity index (χ3v) is 7.57. The van der Waals surface area contributed by atoms with E-state index in [4.69, 9.17) is 16.7 Å². The average Bonchev–Trinajstić information content (AvgIpc) is 2.84. The number of sulfone groups is 1. The molecule has 0 amide bonds. The molecule has 7 nitrogen and oxygen atoms in total. The fraction of sp³-hybridized carbons (Fsp3) is 0.538. The molecule has 2 rings (SSSR count). The molecule has 10 heteroatoms. The van der Waals surface area contributed by atoms with Gasteiger partial charge in [-0.1, -0.05) is 11.6 Å². The molecule has 0 aliphatic carbocycles. The second-order valence-corrected chi connectivity index (χ2v) is 9.98. The molecular formula is C13H18ClNO6S2. The lowest BCUT2D eigenvalue weighted by atomic mass is 10.2. The lowest BCUT2D eigenvalue weighted by Gasteiger charge is -2.28. The molecule has 0 aromatic heterocycles. The molecule has 1 heterocycles. The number of rotatable bonds is 6. The molecule has 1 aliphatic rings. The topological polar surface area (TPSA) is 112 Å². The van der Waals surface area contributed by atoms with Gasteiger partial charge in [-0.2, -0.15) is 4.31 Å². The summed E-state index contributed by atoms with van der Waals surface area (Å²) in [7, 11) is -7.32. The van der Waals surface area contributed by atoms with E-state index in [-0.39, 0.29) is 29.4 Å². The Morgan fingerprint density at radius 3 is 2.39 bits per heavy atom. The van der Waals surface area contributed by atoms with Crippen LogP contribution in [0.2, 0.25) is 5.02 Å². The fourth-order valence-electron chi connectivity index (χ4n) is 2.45. The van der Waals surface area contributed by atoms with E-state index in [2.05, 4.69) is 0 Å². The van der Waals surface area contributed by atoms with Crippen LogP contribution in [0, 0.1) is 0 Å². The third kappa shape index (κ3) is 4.43. The molecule has 2 atom stereocenters. The van der Waals surface area contributed by atoms with Crippen LogP contribution in [0.4, 0.5) is 0 Å². The number of aliphatic hydroxyl groups excluding tert-OH is 2. The van der Waals surface area contributed by atoms with Gasteiger partial charge < -0.3 is 10.2 Å².